The zero-order valence-corrected chi connectivity index (χ0v) is 22.1. The van der Waals surface area contributed by atoms with Gasteiger partial charge in [-0.05, 0) is 39.5 Å². The summed E-state index contributed by atoms with van der Waals surface area (Å²) in [4.78, 5) is 27.7. The molecule has 2 aliphatic heterocycles. The molecule has 0 radical (unpaired) electrons. The van der Waals surface area contributed by atoms with Crippen LogP contribution in [0.4, 0.5) is 0 Å². The highest BCUT2D eigenvalue weighted by molar-refractivity contribution is 8.25. The molecule has 8 heteroatoms. The van der Waals surface area contributed by atoms with Crippen LogP contribution in [0.25, 0.3) is 0 Å². The third-order valence-corrected chi connectivity index (χ3v) is 8.37. The second-order valence-electron chi connectivity index (χ2n) is 9.01. The van der Waals surface area contributed by atoms with Crippen molar-refractivity contribution in [3.63, 3.8) is 0 Å². The highest BCUT2D eigenvalue weighted by Gasteiger charge is 2.44. The van der Waals surface area contributed by atoms with Crippen LogP contribution in [-0.2, 0) is 22.4 Å². The van der Waals surface area contributed by atoms with Crippen molar-refractivity contribution in [3.05, 3.63) is 45.2 Å². The minimum Gasteiger partial charge on any atom is -0.506 e. The Morgan fingerprint density at radius 3 is 1.50 bits per heavy atom. The highest BCUT2D eigenvalue weighted by atomic mass is 32.2. The molecule has 2 N–H and O–H groups in total. The number of aromatic hydroxyl groups is 2. The molecule has 2 aliphatic rings. The van der Waals surface area contributed by atoms with Crippen LogP contribution in [0.5, 0.6) is 11.5 Å². The number of hydrogen-bond acceptors (Lipinski definition) is 6. The maximum Gasteiger partial charge on any atom is 0.279 e. The van der Waals surface area contributed by atoms with Gasteiger partial charge < -0.3 is 10.2 Å². The molecule has 34 heavy (non-hydrogen) atoms. The van der Waals surface area contributed by atoms with Crippen molar-refractivity contribution in [1.29, 1.82) is 0 Å². The van der Waals surface area contributed by atoms with E-state index < -0.39 is 0 Å². The van der Waals surface area contributed by atoms with E-state index in [4.69, 9.17) is 0 Å². The van der Waals surface area contributed by atoms with Crippen molar-refractivity contribution in [2.45, 2.75) is 76.0 Å². The standard InChI is InChI=1S/C26H34N2O4S2/c1-7-9-11-27-24(31)19(25(32)28(27)12-10-8-2)26-33-22-20(29)17(13-15(3)4)18(14-16(5)6)21(30)23(22)34-26/h29-30H,3,5,7-14H2,1-2,4,6H3. The minimum atomic E-state index is -0.305. The summed E-state index contributed by atoms with van der Waals surface area (Å²) in [7, 11) is 0. The van der Waals surface area contributed by atoms with Crippen LogP contribution in [0.1, 0.15) is 64.5 Å². The SMILES string of the molecule is C=C(C)Cc1c(O)c2c(c(O)c1CC(=C)C)SC(=C1C(=O)N(CCCC)N(CCCC)C1=O)S2. The normalized spacial score (nSPS) is 15.5. The van der Waals surface area contributed by atoms with Crippen LogP contribution in [0.3, 0.4) is 0 Å². The molecule has 3 rings (SSSR count). The number of phenolic OH excluding ortho intramolecular Hbond substituents is 2. The molecule has 0 saturated carbocycles. The van der Waals surface area contributed by atoms with E-state index in [0.29, 0.717) is 51.1 Å². The predicted molar refractivity (Wildman–Crippen MR) is 139 cm³/mol. The summed E-state index contributed by atoms with van der Waals surface area (Å²) < 4.78 is 0.504. The number of amides is 2. The molecule has 0 unspecified atom stereocenters. The molecule has 2 heterocycles. The zero-order valence-electron chi connectivity index (χ0n) is 20.5. The molecule has 184 valence electrons. The van der Waals surface area contributed by atoms with Gasteiger partial charge in [0.15, 0.2) is 0 Å². The van der Waals surface area contributed by atoms with E-state index in [1.54, 1.807) is 10.0 Å². The lowest BCUT2D eigenvalue weighted by Gasteiger charge is -2.27. The lowest BCUT2D eigenvalue weighted by atomic mass is 9.95. The minimum absolute atomic E-state index is 0.0729. The van der Waals surface area contributed by atoms with E-state index in [-0.39, 0.29) is 28.9 Å². The van der Waals surface area contributed by atoms with Crippen LogP contribution >= 0.6 is 23.5 Å². The number of carbonyl (C=O) groups excluding carboxylic acids is 2. The van der Waals surface area contributed by atoms with Gasteiger partial charge in [0.2, 0.25) is 0 Å². The fraction of sp³-hybridized carbons (Fsp3) is 0.462. The first kappa shape index (κ1) is 26.3. The first-order chi connectivity index (χ1) is 16.1. The maximum atomic E-state index is 13.4. The summed E-state index contributed by atoms with van der Waals surface area (Å²) in [6, 6.07) is 0. The van der Waals surface area contributed by atoms with Gasteiger partial charge in [0.05, 0.1) is 14.0 Å². The Morgan fingerprint density at radius 2 is 1.18 bits per heavy atom. The largest absolute Gasteiger partial charge is 0.506 e. The number of hydrogen-bond donors (Lipinski definition) is 2. The fourth-order valence-electron chi connectivity index (χ4n) is 4.06. The molecule has 0 aliphatic carbocycles. The highest BCUT2D eigenvalue weighted by Crippen LogP contribution is 2.61. The summed E-state index contributed by atoms with van der Waals surface area (Å²) in [6.45, 7) is 16.7. The smallest absolute Gasteiger partial charge is 0.279 e. The van der Waals surface area contributed by atoms with E-state index in [9.17, 15) is 19.8 Å². The Labute approximate surface area is 210 Å². The Bertz CT molecular complexity index is 996. The molecule has 0 aromatic heterocycles. The Morgan fingerprint density at radius 1 is 0.794 bits per heavy atom. The van der Waals surface area contributed by atoms with E-state index in [1.165, 1.54) is 23.5 Å². The molecular weight excluding hydrogens is 468 g/mol. The van der Waals surface area contributed by atoms with Gasteiger partial charge in [0.1, 0.15) is 17.1 Å². The van der Waals surface area contributed by atoms with Gasteiger partial charge in [-0.1, -0.05) is 74.5 Å². The molecule has 1 aromatic rings. The van der Waals surface area contributed by atoms with Crippen LogP contribution in [-0.4, -0.2) is 45.1 Å². The molecule has 0 spiro atoms. The van der Waals surface area contributed by atoms with Gasteiger partial charge in [-0.2, -0.15) is 0 Å². The summed E-state index contributed by atoms with van der Waals surface area (Å²) in [5.41, 5.74) is 3.06. The van der Waals surface area contributed by atoms with Crippen LogP contribution in [0.2, 0.25) is 0 Å². The number of thioether (sulfide) groups is 2. The number of carbonyl (C=O) groups is 2. The monoisotopic (exact) mass is 502 g/mol. The number of fused-ring (bicyclic) bond motifs is 1. The van der Waals surface area contributed by atoms with Gasteiger partial charge in [0.25, 0.3) is 11.8 Å². The summed E-state index contributed by atoms with van der Waals surface area (Å²) in [5.74, 6) is -0.464. The zero-order chi connectivity index (χ0) is 25.2. The molecule has 0 bridgehead atoms. The second-order valence-corrected chi connectivity index (χ2v) is 11.3. The Balaban J connectivity index is 2.08. The van der Waals surface area contributed by atoms with Crippen molar-refractivity contribution in [1.82, 2.24) is 10.0 Å². The third-order valence-electron chi connectivity index (χ3n) is 5.76. The van der Waals surface area contributed by atoms with Crippen LogP contribution in [0, 0.1) is 0 Å². The topological polar surface area (TPSA) is 81.1 Å². The Hall–Kier alpha value is -2.32. The Kier molecular flexibility index (Phi) is 8.47. The lowest BCUT2D eigenvalue weighted by molar-refractivity contribution is -0.147. The van der Waals surface area contributed by atoms with Gasteiger partial charge in [-0.15, -0.1) is 0 Å². The van der Waals surface area contributed by atoms with Crippen molar-refractivity contribution >= 4 is 35.3 Å². The van der Waals surface area contributed by atoms with Gasteiger partial charge in [-0.25, -0.2) is 10.0 Å². The summed E-state index contributed by atoms with van der Waals surface area (Å²) in [5, 5.41) is 25.5. The first-order valence-electron chi connectivity index (χ1n) is 11.7. The number of benzene rings is 1. The molecule has 2 amide bonds. The molecule has 1 saturated heterocycles. The second kappa shape index (κ2) is 11.0. The van der Waals surface area contributed by atoms with E-state index in [0.717, 1.165) is 36.8 Å². The average Bonchev–Trinajstić information content (AvgIpc) is 3.30. The number of rotatable bonds is 10. The average molecular weight is 503 g/mol. The van der Waals surface area contributed by atoms with Gasteiger partial charge >= 0.3 is 0 Å². The lowest BCUT2D eigenvalue weighted by Crippen LogP contribution is -2.42. The van der Waals surface area contributed by atoms with Crippen LogP contribution < -0.4 is 0 Å². The quantitative estimate of drug-likeness (QED) is 0.179. The molecular formula is C26H34N2O4S2. The molecule has 0 atom stereocenters. The molecule has 1 aromatic carbocycles. The third kappa shape index (κ3) is 5.03. The van der Waals surface area contributed by atoms with E-state index >= 15 is 0 Å². The van der Waals surface area contributed by atoms with Crippen LogP contribution in [0.15, 0.2) is 43.9 Å². The van der Waals surface area contributed by atoms with Gasteiger partial charge in [0, 0.05) is 24.2 Å². The number of hydrazine groups is 1. The summed E-state index contributed by atoms with van der Waals surface area (Å²) >= 11 is 2.38. The molecule has 1 fully saturated rings. The number of phenols is 2. The maximum absolute atomic E-state index is 13.4. The van der Waals surface area contributed by atoms with Crippen molar-refractivity contribution in [2.75, 3.05) is 13.1 Å². The number of nitrogens with zero attached hydrogens (tertiary/aromatic N) is 2. The van der Waals surface area contributed by atoms with Crippen molar-refractivity contribution in [2.24, 2.45) is 0 Å². The molecule has 6 nitrogen and oxygen atoms in total. The predicted octanol–water partition coefficient (Wildman–Crippen LogP) is 5.93. The van der Waals surface area contributed by atoms with E-state index in [1.807, 2.05) is 27.7 Å². The number of allylic oxidation sites excluding steroid dienone is 2. The van der Waals surface area contributed by atoms with E-state index in [2.05, 4.69) is 13.2 Å². The van der Waals surface area contributed by atoms with Gasteiger partial charge in [-0.3, -0.25) is 9.59 Å². The summed E-state index contributed by atoms with van der Waals surface area (Å²) in [6.07, 6.45) is 4.28. The van der Waals surface area contributed by atoms with Crippen molar-refractivity contribution in [3.8, 4) is 11.5 Å². The fourth-order valence-corrected chi connectivity index (χ4v) is 6.72. The van der Waals surface area contributed by atoms with Crippen molar-refractivity contribution < 1.29 is 19.8 Å². The first-order valence-corrected chi connectivity index (χ1v) is 13.4. The number of unbranched alkanes of at least 4 members (excludes halogenated alkanes) is 2.